The third-order valence-electron chi connectivity index (χ3n) is 2.94. The highest BCUT2D eigenvalue weighted by Gasteiger charge is 2.28. The molecule has 0 saturated carbocycles. The van der Waals surface area contributed by atoms with Gasteiger partial charge in [0.1, 0.15) is 5.92 Å². The average Bonchev–Trinajstić information content (AvgIpc) is 2.78. The summed E-state index contributed by atoms with van der Waals surface area (Å²) in [5.41, 5.74) is 1.31. The van der Waals surface area contributed by atoms with E-state index in [0.717, 1.165) is 6.42 Å². The normalized spacial score (nSPS) is 18.8. The maximum Gasteiger partial charge on any atom is 0.323 e. The van der Waals surface area contributed by atoms with Gasteiger partial charge in [-0.3, -0.25) is 4.79 Å². The summed E-state index contributed by atoms with van der Waals surface area (Å²) in [5.74, 6) is -1.03. The van der Waals surface area contributed by atoms with E-state index in [0.29, 0.717) is 18.3 Å². The summed E-state index contributed by atoms with van der Waals surface area (Å²) in [5, 5.41) is 9.34. The van der Waals surface area contributed by atoms with Gasteiger partial charge in [0.25, 0.3) is 0 Å². The molecule has 2 unspecified atom stereocenters. The highest BCUT2D eigenvalue weighted by Crippen LogP contribution is 2.39. The van der Waals surface area contributed by atoms with Gasteiger partial charge in [-0.25, -0.2) is 0 Å². The molecule has 0 N–H and O–H groups in total. The molecule has 1 aromatic rings. The highest BCUT2D eigenvalue weighted by molar-refractivity contribution is 8.00. The zero-order valence-electron chi connectivity index (χ0n) is 10.3. The fraction of sp³-hybridized carbons (Fsp3) is 0.429. The number of benzene rings is 1. The van der Waals surface area contributed by atoms with Crippen molar-refractivity contribution in [2.45, 2.75) is 29.9 Å². The van der Waals surface area contributed by atoms with E-state index in [2.05, 4.69) is 18.2 Å². The predicted octanol–water partition coefficient (Wildman–Crippen LogP) is 2.80. The number of nitriles is 1. The van der Waals surface area contributed by atoms with E-state index in [-0.39, 0.29) is 0 Å². The van der Waals surface area contributed by atoms with Crippen molar-refractivity contribution in [3.63, 3.8) is 0 Å². The lowest BCUT2D eigenvalue weighted by molar-refractivity contribution is -0.146. The summed E-state index contributed by atoms with van der Waals surface area (Å²) in [6.07, 6.45) is 1.49. The van der Waals surface area contributed by atoms with Crippen LogP contribution in [0.2, 0.25) is 0 Å². The molecule has 0 radical (unpaired) electrons. The second-order valence-corrected chi connectivity index (χ2v) is 5.56. The van der Waals surface area contributed by atoms with Crippen LogP contribution in [0, 0.1) is 17.2 Å². The van der Waals surface area contributed by atoms with Gasteiger partial charge in [-0.15, -0.1) is 11.8 Å². The van der Waals surface area contributed by atoms with Gasteiger partial charge in [-0.2, -0.15) is 5.26 Å². The Labute approximate surface area is 111 Å². The van der Waals surface area contributed by atoms with E-state index in [4.69, 9.17) is 10.00 Å². The topological polar surface area (TPSA) is 50.1 Å². The van der Waals surface area contributed by atoms with Crippen LogP contribution in [-0.2, 0) is 16.0 Å². The second kappa shape index (κ2) is 5.92. The number of rotatable bonds is 4. The molecule has 1 heterocycles. The minimum Gasteiger partial charge on any atom is -0.465 e. The Morgan fingerprint density at radius 2 is 2.39 bits per heavy atom. The van der Waals surface area contributed by atoms with Gasteiger partial charge >= 0.3 is 5.97 Å². The van der Waals surface area contributed by atoms with E-state index in [1.807, 2.05) is 12.1 Å². The zero-order valence-corrected chi connectivity index (χ0v) is 11.1. The number of hydrogen-bond donors (Lipinski definition) is 0. The summed E-state index contributed by atoms with van der Waals surface area (Å²) in [7, 11) is 0. The Kier molecular flexibility index (Phi) is 4.27. The van der Waals surface area contributed by atoms with Crippen LogP contribution in [0.4, 0.5) is 0 Å². The number of carbonyl (C=O) groups is 1. The van der Waals surface area contributed by atoms with Gasteiger partial charge in [-0.05, 0) is 31.4 Å². The Morgan fingerprint density at radius 1 is 1.61 bits per heavy atom. The second-order valence-electron chi connectivity index (χ2n) is 4.22. The fourth-order valence-electron chi connectivity index (χ4n) is 2.09. The first-order valence-electron chi connectivity index (χ1n) is 6.05. The average molecular weight is 261 g/mol. The molecule has 94 valence electrons. The summed E-state index contributed by atoms with van der Waals surface area (Å²) >= 11 is 1.76. The third-order valence-corrected chi connectivity index (χ3v) is 4.28. The van der Waals surface area contributed by atoms with Crippen LogP contribution in [-0.4, -0.2) is 17.8 Å². The smallest absolute Gasteiger partial charge is 0.323 e. The molecule has 0 amide bonds. The van der Waals surface area contributed by atoms with Crippen LogP contribution >= 0.6 is 11.8 Å². The Hall–Kier alpha value is -1.47. The number of fused-ring (bicyclic) bond motifs is 1. The lowest BCUT2D eigenvalue weighted by Gasteiger charge is -2.12. The predicted molar refractivity (Wildman–Crippen MR) is 70.1 cm³/mol. The van der Waals surface area contributed by atoms with Crippen molar-refractivity contribution in [1.82, 2.24) is 0 Å². The maximum absolute atomic E-state index is 11.6. The van der Waals surface area contributed by atoms with Gasteiger partial charge in [0.15, 0.2) is 0 Å². The molecule has 1 aliphatic heterocycles. The molecule has 2 atom stereocenters. The summed E-state index contributed by atoms with van der Waals surface area (Å²) in [6, 6.07) is 10.3. The molecule has 3 nitrogen and oxygen atoms in total. The zero-order chi connectivity index (χ0) is 13.0. The van der Waals surface area contributed by atoms with Gasteiger partial charge in [-0.1, -0.05) is 18.2 Å². The first-order valence-corrected chi connectivity index (χ1v) is 6.93. The number of esters is 1. The first kappa shape index (κ1) is 13.0. The SMILES string of the molecule is CCOC(=O)C(C#N)CC1Cc2ccccc2S1. The summed E-state index contributed by atoms with van der Waals surface area (Å²) in [6.45, 7) is 2.08. The first-order chi connectivity index (χ1) is 8.74. The van der Waals surface area contributed by atoms with Crippen LogP contribution in [0.1, 0.15) is 18.9 Å². The Balaban J connectivity index is 1.96. The minimum atomic E-state index is -0.642. The molecule has 0 fully saturated rings. The van der Waals surface area contributed by atoms with Crippen molar-refractivity contribution in [3.05, 3.63) is 29.8 Å². The molecule has 1 aromatic carbocycles. The van der Waals surface area contributed by atoms with Gasteiger partial charge in [0.05, 0.1) is 12.7 Å². The third kappa shape index (κ3) is 2.85. The molecule has 0 saturated heterocycles. The molecular formula is C14H15NO2S. The van der Waals surface area contributed by atoms with Gasteiger partial charge < -0.3 is 4.74 Å². The summed E-state index contributed by atoms with van der Waals surface area (Å²) in [4.78, 5) is 12.8. The van der Waals surface area contributed by atoms with Gasteiger partial charge in [0, 0.05) is 10.1 Å². The lowest BCUT2D eigenvalue weighted by Crippen LogP contribution is -2.20. The standard InChI is InChI=1S/C14H15NO2S/c1-2-17-14(16)11(9-15)8-12-7-10-5-3-4-6-13(10)18-12/h3-6,11-12H,2,7-8H2,1H3. The molecule has 0 aliphatic carbocycles. The van der Waals surface area contributed by atoms with Crippen molar-refractivity contribution in [2.24, 2.45) is 5.92 Å². The molecular weight excluding hydrogens is 246 g/mol. The quantitative estimate of drug-likeness (QED) is 0.782. The summed E-state index contributed by atoms with van der Waals surface area (Å²) < 4.78 is 4.91. The largest absolute Gasteiger partial charge is 0.465 e. The fourth-order valence-corrected chi connectivity index (χ4v) is 3.46. The van der Waals surface area contributed by atoms with E-state index < -0.39 is 11.9 Å². The van der Waals surface area contributed by atoms with E-state index in [9.17, 15) is 4.79 Å². The number of carbonyl (C=O) groups excluding carboxylic acids is 1. The molecule has 0 aromatic heterocycles. The number of nitrogens with zero attached hydrogens (tertiary/aromatic N) is 1. The van der Waals surface area contributed by atoms with Gasteiger partial charge in [0.2, 0.25) is 0 Å². The van der Waals surface area contributed by atoms with Crippen LogP contribution in [0.15, 0.2) is 29.2 Å². The van der Waals surface area contributed by atoms with Crippen molar-refractivity contribution in [1.29, 1.82) is 5.26 Å². The van der Waals surface area contributed by atoms with E-state index in [1.165, 1.54) is 10.5 Å². The van der Waals surface area contributed by atoms with Crippen LogP contribution in [0.5, 0.6) is 0 Å². The van der Waals surface area contributed by atoms with Crippen LogP contribution in [0.25, 0.3) is 0 Å². The molecule has 4 heteroatoms. The number of ether oxygens (including phenoxy) is 1. The van der Waals surface area contributed by atoms with Crippen LogP contribution in [0.3, 0.4) is 0 Å². The van der Waals surface area contributed by atoms with Crippen molar-refractivity contribution in [2.75, 3.05) is 6.61 Å². The lowest BCUT2D eigenvalue weighted by atomic mass is 10.0. The highest BCUT2D eigenvalue weighted by atomic mass is 32.2. The maximum atomic E-state index is 11.6. The number of thioether (sulfide) groups is 1. The molecule has 18 heavy (non-hydrogen) atoms. The molecule has 2 rings (SSSR count). The Morgan fingerprint density at radius 3 is 3.06 bits per heavy atom. The minimum absolute atomic E-state index is 0.302. The van der Waals surface area contributed by atoms with Crippen molar-refractivity contribution >= 4 is 17.7 Å². The van der Waals surface area contributed by atoms with Crippen molar-refractivity contribution in [3.8, 4) is 6.07 Å². The van der Waals surface area contributed by atoms with Crippen LogP contribution < -0.4 is 0 Å². The Bertz CT molecular complexity index is 456. The molecule has 0 bridgehead atoms. The molecule has 0 spiro atoms. The van der Waals surface area contributed by atoms with E-state index >= 15 is 0 Å². The van der Waals surface area contributed by atoms with E-state index in [1.54, 1.807) is 18.7 Å². The van der Waals surface area contributed by atoms with Crippen molar-refractivity contribution < 1.29 is 9.53 Å². The number of hydrogen-bond acceptors (Lipinski definition) is 4. The molecule has 1 aliphatic rings. The monoisotopic (exact) mass is 261 g/mol.